The van der Waals surface area contributed by atoms with Crippen LogP contribution in [0.4, 0.5) is 0 Å². The van der Waals surface area contributed by atoms with Gasteiger partial charge in [0.25, 0.3) is 0 Å². The van der Waals surface area contributed by atoms with Crippen molar-refractivity contribution in [3.8, 4) is 17.6 Å². The number of hydrogen-bond donors (Lipinski definition) is 0. The van der Waals surface area contributed by atoms with Crippen LogP contribution in [0.1, 0.15) is 25.8 Å². The van der Waals surface area contributed by atoms with E-state index < -0.39 is 0 Å². The van der Waals surface area contributed by atoms with Crippen LogP contribution in [0, 0.1) is 17.2 Å². The Kier molecular flexibility index (Phi) is 4.65. The Morgan fingerprint density at radius 2 is 2.06 bits per heavy atom. The standard InChI is InChI=1S/C13H17NO2/c1-10(2)6-7-16-12-5-4-11(9-14)8-13(12)15-3/h4-5,8,10H,6-7H2,1-3H3. The number of benzene rings is 1. The van der Waals surface area contributed by atoms with E-state index in [1.807, 2.05) is 0 Å². The number of hydrogen-bond acceptors (Lipinski definition) is 3. The molecule has 0 unspecified atom stereocenters. The number of methoxy groups -OCH3 is 1. The molecule has 0 aliphatic carbocycles. The lowest BCUT2D eigenvalue weighted by Gasteiger charge is -2.11. The summed E-state index contributed by atoms with van der Waals surface area (Å²) in [7, 11) is 1.58. The molecule has 0 fully saturated rings. The Morgan fingerprint density at radius 3 is 2.62 bits per heavy atom. The minimum Gasteiger partial charge on any atom is -0.493 e. The topological polar surface area (TPSA) is 42.2 Å². The fourth-order valence-electron chi connectivity index (χ4n) is 1.26. The fourth-order valence-corrected chi connectivity index (χ4v) is 1.26. The average Bonchev–Trinajstić information content (AvgIpc) is 2.29. The van der Waals surface area contributed by atoms with Crippen molar-refractivity contribution in [1.82, 2.24) is 0 Å². The van der Waals surface area contributed by atoms with Crippen LogP contribution >= 0.6 is 0 Å². The van der Waals surface area contributed by atoms with Gasteiger partial charge in [-0.3, -0.25) is 0 Å². The van der Waals surface area contributed by atoms with E-state index in [9.17, 15) is 0 Å². The molecule has 0 aromatic heterocycles. The molecule has 0 saturated heterocycles. The first-order chi connectivity index (χ1) is 7.67. The number of rotatable bonds is 5. The molecule has 0 bridgehead atoms. The van der Waals surface area contributed by atoms with E-state index in [-0.39, 0.29) is 0 Å². The summed E-state index contributed by atoms with van der Waals surface area (Å²) in [5, 5.41) is 8.75. The normalized spacial score (nSPS) is 9.94. The Morgan fingerprint density at radius 1 is 1.31 bits per heavy atom. The zero-order chi connectivity index (χ0) is 12.0. The number of ether oxygens (including phenoxy) is 2. The monoisotopic (exact) mass is 219 g/mol. The van der Waals surface area contributed by atoms with Crippen LogP contribution in [-0.2, 0) is 0 Å². The first-order valence-electron chi connectivity index (χ1n) is 5.38. The predicted octanol–water partition coefficient (Wildman–Crippen LogP) is 2.99. The second-order valence-corrected chi connectivity index (χ2v) is 4.01. The maximum atomic E-state index is 8.75. The van der Waals surface area contributed by atoms with Crippen molar-refractivity contribution in [1.29, 1.82) is 5.26 Å². The van der Waals surface area contributed by atoms with Crippen molar-refractivity contribution in [3.05, 3.63) is 23.8 Å². The first-order valence-corrected chi connectivity index (χ1v) is 5.38. The van der Waals surface area contributed by atoms with Gasteiger partial charge < -0.3 is 9.47 Å². The van der Waals surface area contributed by atoms with Crippen molar-refractivity contribution < 1.29 is 9.47 Å². The predicted molar refractivity (Wildman–Crippen MR) is 62.7 cm³/mol. The number of nitriles is 1. The molecule has 1 aromatic rings. The quantitative estimate of drug-likeness (QED) is 0.764. The van der Waals surface area contributed by atoms with Crippen LogP contribution in [0.5, 0.6) is 11.5 Å². The zero-order valence-electron chi connectivity index (χ0n) is 9.99. The highest BCUT2D eigenvalue weighted by molar-refractivity contribution is 5.46. The minimum absolute atomic E-state index is 0.577. The molecule has 0 heterocycles. The first kappa shape index (κ1) is 12.4. The molecule has 0 aliphatic rings. The van der Waals surface area contributed by atoms with Gasteiger partial charge in [0.15, 0.2) is 11.5 Å². The molecule has 0 atom stereocenters. The van der Waals surface area contributed by atoms with Crippen LogP contribution in [0.3, 0.4) is 0 Å². The molecule has 3 nitrogen and oxygen atoms in total. The highest BCUT2D eigenvalue weighted by Gasteiger charge is 2.05. The van der Waals surface area contributed by atoms with Crippen molar-refractivity contribution in [2.45, 2.75) is 20.3 Å². The van der Waals surface area contributed by atoms with Crippen LogP contribution in [0.15, 0.2) is 18.2 Å². The third-order valence-corrected chi connectivity index (χ3v) is 2.25. The van der Waals surface area contributed by atoms with Crippen molar-refractivity contribution >= 4 is 0 Å². The molecular formula is C13H17NO2. The van der Waals surface area contributed by atoms with Crippen LogP contribution in [-0.4, -0.2) is 13.7 Å². The van der Waals surface area contributed by atoms with Crippen molar-refractivity contribution in [3.63, 3.8) is 0 Å². The van der Waals surface area contributed by atoms with Crippen molar-refractivity contribution in [2.24, 2.45) is 5.92 Å². The highest BCUT2D eigenvalue weighted by atomic mass is 16.5. The van der Waals surface area contributed by atoms with Crippen LogP contribution < -0.4 is 9.47 Å². The molecule has 1 rings (SSSR count). The lowest BCUT2D eigenvalue weighted by molar-refractivity contribution is 0.273. The molecule has 3 heteroatoms. The number of nitrogens with zero attached hydrogens (tertiary/aromatic N) is 1. The van der Waals surface area contributed by atoms with E-state index >= 15 is 0 Å². The summed E-state index contributed by atoms with van der Waals surface area (Å²) in [5.41, 5.74) is 0.577. The molecule has 16 heavy (non-hydrogen) atoms. The lowest BCUT2D eigenvalue weighted by Crippen LogP contribution is -2.02. The van der Waals surface area contributed by atoms with Gasteiger partial charge in [-0.1, -0.05) is 13.8 Å². The molecule has 86 valence electrons. The van der Waals surface area contributed by atoms with Gasteiger partial charge in [-0.15, -0.1) is 0 Å². The summed E-state index contributed by atoms with van der Waals surface area (Å²) in [6.07, 6.45) is 1.00. The Balaban J connectivity index is 2.69. The molecule has 0 N–H and O–H groups in total. The SMILES string of the molecule is COc1cc(C#N)ccc1OCCC(C)C. The van der Waals surface area contributed by atoms with E-state index in [2.05, 4.69) is 19.9 Å². The summed E-state index contributed by atoms with van der Waals surface area (Å²) in [4.78, 5) is 0. The van der Waals surface area contributed by atoms with Gasteiger partial charge in [0.2, 0.25) is 0 Å². The Hall–Kier alpha value is -1.69. The molecule has 0 radical (unpaired) electrons. The Bertz CT molecular complexity index is 380. The molecule has 0 saturated carbocycles. The van der Waals surface area contributed by atoms with E-state index in [4.69, 9.17) is 14.7 Å². The summed E-state index contributed by atoms with van der Waals surface area (Å²) in [5.74, 6) is 1.93. The van der Waals surface area contributed by atoms with Gasteiger partial charge in [-0.25, -0.2) is 0 Å². The van der Waals surface area contributed by atoms with Gasteiger partial charge in [0.1, 0.15) is 0 Å². The van der Waals surface area contributed by atoms with Gasteiger partial charge in [-0.2, -0.15) is 5.26 Å². The third kappa shape index (κ3) is 3.47. The summed E-state index contributed by atoms with van der Waals surface area (Å²) >= 11 is 0. The van der Waals surface area contributed by atoms with E-state index in [0.717, 1.165) is 6.42 Å². The summed E-state index contributed by atoms with van der Waals surface area (Å²) in [6.45, 7) is 4.97. The summed E-state index contributed by atoms with van der Waals surface area (Å²) < 4.78 is 10.8. The van der Waals surface area contributed by atoms with Gasteiger partial charge >= 0.3 is 0 Å². The maximum absolute atomic E-state index is 8.75. The third-order valence-electron chi connectivity index (χ3n) is 2.25. The van der Waals surface area contributed by atoms with Gasteiger partial charge in [-0.05, 0) is 24.5 Å². The lowest BCUT2D eigenvalue weighted by atomic mass is 10.1. The molecule has 0 spiro atoms. The largest absolute Gasteiger partial charge is 0.493 e. The van der Waals surface area contributed by atoms with Crippen LogP contribution in [0.25, 0.3) is 0 Å². The van der Waals surface area contributed by atoms with Crippen molar-refractivity contribution in [2.75, 3.05) is 13.7 Å². The van der Waals surface area contributed by atoms with E-state index in [1.54, 1.807) is 25.3 Å². The average molecular weight is 219 g/mol. The minimum atomic E-state index is 0.577. The zero-order valence-corrected chi connectivity index (χ0v) is 9.99. The van der Waals surface area contributed by atoms with E-state index in [1.165, 1.54) is 0 Å². The molecule has 0 amide bonds. The second kappa shape index (κ2) is 6.02. The second-order valence-electron chi connectivity index (χ2n) is 4.01. The summed E-state index contributed by atoms with van der Waals surface area (Å²) in [6, 6.07) is 7.26. The fraction of sp³-hybridized carbons (Fsp3) is 0.462. The molecule has 0 aliphatic heterocycles. The smallest absolute Gasteiger partial charge is 0.162 e. The maximum Gasteiger partial charge on any atom is 0.162 e. The van der Waals surface area contributed by atoms with Gasteiger partial charge in [0, 0.05) is 6.07 Å². The molecule has 1 aromatic carbocycles. The van der Waals surface area contributed by atoms with Crippen LogP contribution in [0.2, 0.25) is 0 Å². The highest BCUT2D eigenvalue weighted by Crippen LogP contribution is 2.28. The van der Waals surface area contributed by atoms with Gasteiger partial charge in [0.05, 0.1) is 25.3 Å². The molecular weight excluding hydrogens is 202 g/mol. The van der Waals surface area contributed by atoms with E-state index in [0.29, 0.717) is 29.6 Å². The Labute approximate surface area is 96.6 Å².